The van der Waals surface area contributed by atoms with Gasteiger partial charge in [-0.3, -0.25) is 4.79 Å². The van der Waals surface area contributed by atoms with E-state index in [9.17, 15) is 45.6 Å². The number of hydrogen-bond acceptors (Lipinski definition) is 13. The van der Waals surface area contributed by atoms with Crippen LogP contribution in [0.1, 0.15) is 200 Å². The lowest BCUT2D eigenvalue weighted by atomic mass is 9.97. The zero-order valence-corrected chi connectivity index (χ0v) is 47.4. The third-order valence-corrected chi connectivity index (χ3v) is 14.0. The van der Waals surface area contributed by atoms with Gasteiger partial charge in [0.2, 0.25) is 5.91 Å². The van der Waals surface area contributed by atoms with Crippen LogP contribution in [0, 0.1) is 0 Å². The molecule has 0 aliphatic carbocycles. The Bertz CT molecular complexity index is 1660. The van der Waals surface area contributed by atoms with Gasteiger partial charge in [-0.2, -0.15) is 0 Å². The normalized spacial score (nSPS) is 25.4. The minimum absolute atomic E-state index is 0.251. The highest BCUT2D eigenvalue weighted by molar-refractivity contribution is 5.76. The Labute approximate surface area is 464 Å². The summed E-state index contributed by atoms with van der Waals surface area (Å²) < 4.78 is 22.7. The van der Waals surface area contributed by atoms with Gasteiger partial charge < -0.3 is 65.1 Å². The number of rotatable bonds is 46. The largest absolute Gasteiger partial charge is 0.394 e. The van der Waals surface area contributed by atoms with Gasteiger partial charge in [0.05, 0.1) is 32.0 Å². The van der Waals surface area contributed by atoms with E-state index in [1.54, 1.807) is 6.08 Å². The molecule has 2 aliphatic rings. The molecule has 442 valence electrons. The van der Waals surface area contributed by atoms with Gasteiger partial charge in [-0.05, 0) is 77.0 Å². The fourth-order valence-corrected chi connectivity index (χ4v) is 9.21. The molecule has 0 bridgehead atoms. The molecule has 1 amide bonds. The Morgan fingerprint density at radius 2 is 0.896 bits per heavy atom. The monoisotopic (exact) mass is 1090 g/mol. The lowest BCUT2D eigenvalue weighted by Gasteiger charge is -2.46. The van der Waals surface area contributed by atoms with Gasteiger partial charge in [-0.15, -0.1) is 0 Å². The van der Waals surface area contributed by atoms with Crippen molar-refractivity contribution in [3.05, 3.63) is 97.2 Å². The van der Waals surface area contributed by atoms with E-state index in [0.717, 1.165) is 89.9 Å². The van der Waals surface area contributed by atoms with E-state index in [-0.39, 0.29) is 18.9 Å². The number of allylic oxidation sites excluding steroid dienone is 15. The van der Waals surface area contributed by atoms with Crippen LogP contribution in [0.2, 0.25) is 0 Å². The topological polar surface area (TPSA) is 228 Å². The highest BCUT2D eigenvalue weighted by Gasteiger charge is 2.51. The van der Waals surface area contributed by atoms with Crippen molar-refractivity contribution in [1.29, 1.82) is 0 Å². The molecule has 2 heterocycles. The average molecular weight is 1090 g/mol. The Morgan fingerprint density at radius 1 is 0.481 bits per heavy atom. The number of aliphatic hydroxyl groups excluding tert-OH is 8. The number of nitrogens with one attached hydrogen (secondary N) is 1. The molecule has 0 aromatic heterocycles. The number of carbonyl (C=O) groups is 1. The number of hydrogen-bond donors (Lipinski definition) is 9. The molecule has 14 heteroatoms. The van der Waals surface area contributed by atoms with Crippen LogP contribution in [0.25, 0.3) is 0 Å². The van der Waals surface area contributed by atoms with E-state index in [2.05, 4.69) is 104 Å². The fourth-order valence-electron chi connectivity index (χ4n) is 9.21. The Hall–Kier alpha value is -3.09. The molecule has 2 rings (SSSR count). The molecule has 2 saturated heterocycles. The molecule has 2 fully saturated rings. The van der Waals surface area contributed by atoms with Crippen LogP contribution in [0.5, 0.6) is 0 Å². The predicted octanol–water partition coefficient (Wildman–Crippen LogP) is 10.3. The second-order valence-electron chi connectivity index (χ2n) is 20.7. The van der Waals surface area contributed by atoms with Gasteiger partial charge in [0, 0.05) is 6.42 Å². The van der Waals surface area contributed by atoms with Crippen LogP contribution < -0.4 is 5.32 Å². The van der Waals surface area contributed by atoms with Crippen molar-refractivity contribution >= 4 is 5.91 Å². The smallest absolute Gasteiger partial charge is 0.220 e. The molecule has 14 nitrogen and oxygen atoms in total. The minimum Gasteiger partial charge on any atom is -0.394 e. The number of ether oxygens (including phenoxy) is 4. The number of carbonyl (C=O) groups excluding carboxylic acids is 1. The quantitative estimate of drug-likeness (QED) is 0.0205. The molecular formula is C63H107NO13. The molecule has 2 aliphatic heterocycles. The molecular weight excluding hydrogens is 979 g/mol. The molecule has 0 spiro atoms. The summed E-state index contributed by atoms with van der Waals surface area (Å²) in [6, 6.07) is -0.923. The van der Waals surface area contributed by atoms with Crippen LogP contribution in [0.3, 0.4) is 0 Å². The van der Waals surface area contributed by atoms with Crippen molar-refractivity contribution in [2.75, 3.05) is 19.8 Å². The second-order valence-corrected chi connectivity index (χ2v) is 20.7. The first kappa shape index (κ1) is 70.0. The summed E-state index contributed by atoms with van der Waals surface area (Å²) in [5, 5.41) is 87.0. The van der Waals surface area contributed by atoms with Crippen LogP contribution in [0.4, 0.5) is 0 Å². The maximum Gasteiger partial charge on any atom is 0.220 e. The zero-order chi connectivity index (χ0) is 56.0. The van der Waals surface area contributed by atoms with Crippen LogP contribution >= 0.6 is 0 Å². The van der Waals surface area contributed by atoms with E-state index >= 15 is 0 Å². The zero-order valence-electron chi connectivity index (χ0n) is 47.4. The van der Waals surface area contributed by atoms with E-state index in [4.69, 9.17) is 18.9 Å². The van der Waals surface area contributed by atoms with Gasteiger partial charge in [0.25, 0.3) is 0 Å². The molecule has 9 N–H and O–H groups in total. The summed E-state index contributed by atoms with van der Waals surface area (Å²) in [5.41, 5.74) is 0. The maximum absolute atomic E-state index is 13.2. The average Bonchev–Trinajstić information content (AvgIpc) is 3.43. The van der Waals surface area contributed by atoms with Crippen molar-refractivity contribution in [3.8, 4) is 0 Å². The highest BCUT2D eigenvalue weighted by atomic mass is 16.7. The van der Waals surface area contributed by atoms with E-state index < -0.39 is 86.8 Å². The van der Waals surface area contributed by atoms with Gasteiger partial charge in [-0.25, -0.2) is 0 Å². The summed E-state index contributed by atoms with van der Waals surface area (Å²) >= 11 is 0. The molecule has 0 radical (unpaired) electrons. The van der Waals surface area contributed by atoms with Crippen molar-refractivity contribution in [2.24, 2.45) is 0 Å². The molecule has 77 heavy (non-hydrogen) atoms. The molecule has 0 aromatic carbocycles. The summed E-state index contributed by atoms with van der Waals surface area (Å²) in [7, 11) is 0. The van der Waals surface area contributed by atoms with E-state index in [1.165, 1.54) is 83.5 Å². The van der Waals surface area contributed by atoms with Crippen molar-refractivity contribution < 1.29 is 64.6 Å². The van der Waals surface area contributed by atoms with Crippen LogP contribution in [0.15, 0.2) is 97.2 Å². The lowest BCUT2D eigenvalue weighted by Crippen LogP contribution is -2.65. The Morgan fingerprint density at radius 3 is 1.38 bits per heavy atom. The van der Waals surface area contributed by atoms with Gasteiger partial charge >= 0.3 is 0 Å². The number of amides is 1. The number of aliphatic hydroxyl groups is 8. The van der Waals surface area contributed by atoms with Gasteiger partial charge in [0.1, 0.15) is 48.8 Å². The van der Waals surface area contributed by atoms with E-state index in [1.807, 2.05) is 6.08 Å². The summed E-state index contributed by atoms with van der Waals surface area (Å²) in [6.45, 7) is 2.65. The number of unbranched alkanes of at least 4 members (excludes halogenated alkanes) is 19. The van der Waals surface area contributed by atoms with Crippen LogP contribution in [-0.4, -0.2) is 140 Å². The minimum atomic E-state index is -1.79. The first-order chi connectivity index (χ1) is 37.6. The fraction of sp³-hybridized carbons (Fsp3) is 0.730. The first-order valence-corrected chi connectivity index (χ1v) is 30.0. The molecule has 12 atom stereocenters. The lowest BCUT2D eigenvalue weighted by molar-refractivity contribution is -0.359. The molecule has 0 aromatic rings. The van der Waals surface area contributed by atoms with Crippen molar-refractivity contribution in [1.82, 2.24) is 5.32 Å². The third-order valence-electron chi connectivity index (χ3n) is 14.0. The Balaban J connectivity index is 1.69. The van der Waals surface area contributed by atoms with Gasteiger partial charge in [-0.1, -0.05) is 214 Å². The second kappa shape index (κ2) is 47.7. The van der Waals surface area contributed by atoms with Crippen molar-refractivity contribution in [3.63, 3.8) is 0 Å². The SMILES string of the molecule is CC/C=C\C/C=C\C/C=C\C/C=C\C/C=C\C/C=C\C/C=C\CCCCCCCCCCCC(=O)NC(COC1OC(CO)C(OC2OC(CO)C(O)C(O)C2O)C(O)C1O)C(O)/C=C/CCCCCCCCCCCC. The third kappa shape index (κ3) is 33.3. The predicted molar refractivity (Wildman–Crippen MR) is 309 cm³/mol. The van der Waals surface area contributed by atoms with Crippen molar-refractivity contribution in [2.45, 2.75) is 274 Å². The molecule has 12 unspecified atom stereocenters. The van der Waals surface area contributed by atoms with Crippen LogP contribution in [-0.2, 0) is 23.7 Å². The van der Waals surface area contributed by atoms with Gasteiger partial charge in [0.15, 0.2) is 12.6 Å². The summed E-state index contributed by atoms with van der Waals surface area (Å²) in [6.07, 6.45) is 48.8. The standard InChI is InChI=1S/C63H107NO13/c1-3-5-7-9-11-13-15-17-18-19-20-21-22-23-24-25-26-27-28-29-30-31-32-33-34-35-37-39-41-43-45-47-55(68)64-51(52(67)46-44-42-40-38-36-16-14-12-10-8-6-4-2)50-74-62-60(73)58(71)61(54(49-66)76-62)77-63-59(72)57(70)56(69)53(48-65)75-63/h5,7,11,13,17-18,20-21,23-24,26-27,29-30,44,46,51-54,56-63,65-67,69-73H,3-4,6,8-10,12,14-16,19,22,25,28,31-43,45,47-50H2,1-2H3,(H,64,68)/b7-5-,13-11-,18-17-,21-20-,24-23-,27-26-,30-29-,46-44+. The molecule has 0 saturated carbocycles. The summed E-state index contributed by atoms with van der Waals surface area (Å²) in [5.74, 6) is -0.251. The Kier molecular flexibility index (Phi) is 43.4. The highest BCUT2D eigenvalue weighted by Crippen LogP contribution is 2.30. The maximum atomic E-state index is 13.2. The summed E-state index contributed by atoms with van der Waals surface area (Å²) in [4.78, 5) is 13.2. The first-order valence-electron chi connectivity index (χ1n) is 30.0. The van der Waals surface area contributed by atoms with E-state index in [0.29, 0.717) is 6.42 Å².